The number of rotatable bonds is 9. The Balaban J connectivity index is 1.40. The van der Waals surface area contributed by atoms with Gasteiger partial charge in [-0.2, -0.15) is 25.3 Å². The van der Waals surface area contributed by atoms with Gasteiger partial charge in [0.25, 0.3) is 36.1 Å². The number of thiazole rings is 1. The van der Waals surface area contributed by atoms with Gasteiger partial charge in [-0.25, -0.2) is 4.98 Å². The first-order chi connectivity index (χ1) is 19.8. The summed E-state index contributed by atoms with van der Waals surface area (Å²) in [6, 6.07) is 16.9. The SMILES string of the molecule is Cc1ccc(S(=O)(=O)O[C@@H]2CCN(c3ccc(S(=O)(=O)N(c4nccs4)S(=O)(=O)c4ccc(C)cc4)cc3)C2=O)cc1. The Morgan fingerprint density at radius 3 is 1.79 bits per heavy atom. The molecule has 11 nitrogen and oxygen atoms in total. The minimum absolute atomic E-state index is 0.0701. The molecule has 0 unspecified atom stereocenters. The highest BCUT2D eigenvalue weighted by Gasteiger charge is 2.40. The quantitative estimate of drug-likeness (QED) is 0.247. The van der Waals surface area contributed by atoms with Crippen molar-refractivity contribution in [1.29, 1.82) is 0 Å². The number of carbonyl (C=O) groups is 1. The molecule has 1 saturated heterocycles. The van der Waals surface area contributed by atoms with Crippen LogP contribution in [0.1, 0.15) is 17.5 Å². The average molecular weight is 648 g/mol. The molecule has 5 rings (SSSR count). The normalized spacial score (nSPS) is 16.1. The molecule has 3 aromatic carbocycles. The average Bonchev–Trinajstić information content (AvgIpc) is 3.59. The summed E-state index contributed by atoms with van der Waals surface area (Å²) in [6.45, 7) is 3.72. The highest BCUT2D eigenvalue weighted by Crippen LogP contribution is 2.33. The summed E-state index contributed by atoms with van der Waals surface area (Å²) >= 11 is 0.845. The number of benzene rings is 3. The molecule has 0 saturated carbocycles. The fourth-order valence-corrected chi connectivity index (χ4v) is 10.0. The predicted molar refractivity (Wildman–Crippen MR) is 157 cm³/mol. The Bertz CT molecular complexity index is 1920. The molecule has 0 N–H and O–H groups in total. The summed E-state index contributed by atoms with van der Waals surface area (Å²) < 4.78 is 85.4. The highest BCUT2D eigenvalue weighted by atomic mass is 32.3. The zero-order chi connectivity index (χ0) is 30.3. The van der Waals surface area contributed by atoms with Crippen LogP contribution in [-0.2, 0) is 39.1 Å². The standard InChI is InChI=1S/C27H25N3O8S4/c1-19-3-9-22(10-4-19)40(32,33)30(27-28-16-18-39-27)41(34,35)23-13-7-21(8-14-23)29-17-15-25(26(29)31)38-42(36,37)24-11-5-20(2)6-12-24/h3-14,16,18,25H,15,17H2,1-2H3/t25-/m1/s1. The molecule has 15 heteroatoms. The van der Waals surface area contributed by atoms with E-state index in [0.29, 0.717) is 9.40 Å². The fourth-order valence-electron chi connectivity index (χ4n) is 4.25. The van der Waals surface area contributed by atoms with E-state index in [9.17, 15) is 30.0 Å². The molecule has 4 aromatic rings. The van der Waals surface area contributed by atoms with Crippen molar-refractivity contribution in [2.24, 2.45) is 0 Å². The molecule has 1 aliphatic rings. The van der Waals surface area contributed by atoms with E-state index in [0.717, 1.165) is 22.5 Å². The minimum atomic E-state index is -4.68. The maximum Gasteiger partial charge on any atom is 0.297 e. The largest absolute Gasteiger partial charge is 0.310 e. The van der Waals surface area contributed by atoms with Gasteiger partial charge in [0, 0.05) is 30.2 Å². The van der Waals surface area contributed by atoms with E-state index < -0.39 is 42.2 Å². The lowest BCUT2D eigenvalue weighted by Crippen LogP contribution is -2.37. The molecule has 0 spiro atoms. The van der Waals surface area contributed by atoms with Gasteiger partial charge in [-0.15, -0.1) is 15.0 Å². The molecule has 1 aliphatic heterocycles. The van der Waals surface area contributed by atoms with Gasteiger partial charge in [-0.05, 0) is 62.4 Å². The number of amides is 1. The third-order valence-corrected chi connectivity index (χ3v) is 12.9. The van der Waals surface area contributed by atoms with E-state index in [-0.39, 0.29) is 32.8 Å². The van der Waals surface area contributed by atoms with Crippen LogP contribution >= 0.6 is 11.3 Å². The Labute approximate surface area is 248 Å². The van der Waals surface area contributed by atoms with Crippen molar-refractivity contribution >= 4 is 58.2 Å². The lowest BCUT2D eigenvalue weighted by atomic mass is 10.2. The van der Waals surface area contributed by atoms with Crippen molar-refractivity contribution in [3.05, 3.63) is 95.5 Å². The molecule has 1 amide bonds. The number of hydrogen-bond donors (Lipinski definition) is 0. The summed E-state index contributed by atoms with van der Waals surface area (Å²) in [4.78, 5) is 17.6. The van der Waals surface area contributed by atoms with Gasteiger partial charge in [-0.1, -0.05) is 35.4 Å². The smallest absolute Gasteiger partial charge is 0.297 e. The van der Waals surface area contributed by atoms with Crippen molar-refractivity contribution in [2.75, 3.05) is 15.2 Å². The first-order valence-corrected chi connectivity index (χ1v) is 17.7. The fraction of sp³-hybridized carbons (Fsp3) is 0.185. The van der Waals surface area contributed by atoms with Gasteiger partial charge in [0.2, 0.25) is 5.13 Å². The van der Waals surface area contributed by atoms with Crippen molar-refractivity contribution in [1.82, 2.24) is 4.98 Å². The van der Waals surface area contributed by atoms with Gasteiger partial charge in [-0.3, -0.25) is 8.98 Å². The number of anilines is 2. The van der Waals surface area contributed by atoms with Crippen molar-refractivity contribution in [2.45, 2.75) is 41.1 Å². The topological polar surface area (TPSA) is 148 Å². The van der Waals surface area contributed by atoms with E-state index in [1.807, 2.05) is 6.92 Å². The van der Waals surface area contributed by atoms with Crippen molar-refractivity contribution in [3.63, 3.8) is 0 Å². The molecule has 220 valence electrons. The van der Waals surface area contributed by atoms with E-state index in [1.165, 1.54) is 65.0 Å². The zero-order valence-electron chi connectivity index (χ0n) is 22.3. The lowest BCUT2D eigenvalue weighted by Gasteiger charge is -2.22. The van der Waals surface area contributed by atoms with Gasteiger partial charge in [0.1, 0.15) is 0 Å². The number of nitrogens with zero attached hydrogens (tertiary/aromatic N) is 3. The van der Waals surface area contributed by atoms with Gasteiger partial charge >= 0.3 is 0 Å². The summed E-state index contributed by atoms with van der Waals surface area (Å²) in [5.41, 5.74) is 1.95. The van der Waals surface area contributed by atoms with Crippen LogP contribution < -0.4 is 8.61 Å². The Kier molecular flexibility index (Phi) is 7.98. The molecule has 2 heterocycles. The molecule has 1 aromatic heterocycles. The number of aromatic nitrogens is 1. The van der Waals surface area contributed by atoms with Crippen molar-refractivity contribution < 1.29 is 34.2 Å². The van der Waals surface area contributed by atoms with Crippen LogP contribution in [0, 0.1) is 13.8 Å². The minimum Gasteiger partial charge on any atom is -0.310 e. The van der Waals surface area contributed by atoms with Crippen LogP contribution in [0.2, 0.25) is 0 Å². The first kappa shape index (κ1) is 29.8. The maximum absolute atomic E-state index is 13.7. The van der Waals surface area contributed by atoms with Crippen molar-refractivity contribution in [3.8, 4) is 0 Å². The van der Waals surface area contributed by atoms with E-state index >= 15 is 0 Å². The van der Waals surface area contributed by atoms with Crippen LogP contribution in [0.15, 0.2) is 99.1 Å². The van der Waals surface area contributed by atoms with E-state index in [1.54, 1.807) is 31.2 Å². The summed E-state index contributed by atoms with van der Waals surface area (Å²) in [5, 5.41) is 1.20. The number of carbonyl (C=O) groups excluding carboxylic acids is 1. The van der Waals surface area contributed by atoms with Crippen LogP contribution in [0.5, 0.6) is 0 Å². The number of aryl methyl sites for hydroxylation is 2. The van der Waals surface area contributed by atoms with Gasteiger partial charge in [0.05, 0.1) is 14.7 Å². The molecular weight excluding hydrogens is 623 g/mol. The molecule has 42 heavy (non-hydrogen) atoms. The summed E-state index contributed by atoms with van der Waals surface area (Å²) in [6.07, 6.45) is 0.142. The first-order valence-electron chi connectivity index (χ1n) is 12.5. The van der Waals surface area contributed by atoms with E-state index in [2.05, 4.69) is 4.98 Å². The lowest BCUT2D eigenvalue weighted by molar-refractivity contribution is -0.122. The Hall–Kier alpha value is -3.63. The summed E-state index contributed by atoms with van der Waals surface area (Å²) in [5.74, 6) is -0.604. The Morgan fingerprint density at radius 2 is 1.29 bits per heavy atom. The number of sulfonamides is 2. The third kappa shape index (κ3) is 5.70. The second-order valence-electron chi connectivity index (χ2n) is 9.46. The third-order valence-electron chi connectivity index (χ3n) is 6.49. The van der Waals surface area contributed by atoms with Crippen LogP contribution in [-0.4, -0.2) is 48.8 Å². The van der Waals surface area contributed by atoms with Gasteiger partial charge in [0.15, 0.2) is 6.10 Å². The maximum atomic E-state index is 13.7. The van der Waals surface area contributed by atoms with E-state index in [4.69, 9.17) is 4.18 Å². The zero-order valence-corrected chi connectivity index (χ0v) is 25.6. The van der Waals surface area contributed by atoms with Crippen LogP contribution in [0.3, 0.4) is 0 Å². The monoisotopic (exact) mass is 647 g/mol. The molecule has 0 bridgehead atoms. The molecular formula is C27H25N3O8S4. The number of hydrogen-bond acceptors (Lipinski definition) is 10. The second kappa shape index (κ2) is 11.2. The molecule has 1 fully saturated rings. The van der Waals surface area contributed by atoms with Gasteiger partial charge < -0.3 is 4.90 Å². The van der Waals surface area contributed by atoms with Crippen LogP contribution in [0.25, 0.3) is 0 Å². The van der Waals surface area contributed by atoms with Crippen LogP contribution in [0.4, 0.5) is 10.8 Å². The second-order valence-corrected chi connectivity index (χ2v) is 15.7. The molecule has 1 atom stereocenters. The molecule has 0 aliphatic carbocycles. The highest BCUT2D eigenvalue weighted by molar-refractivity contribution is 8.10. The Morgan fingerprint density at radius 1 is 0.786 bits per heavy atom. The summed E-state index contributed by atoms with van der Waals surface area (Å²) in [7, 11) is -13.4. The predicted octanol–water partition coefficient (Wildman–Crippen LogP) is 3.85. The molecule has 0 radical (unpaired) electrons.